The Morgan fingerprint density at radius 2 is 1.25 bits per heavy atom. The summed E-state index contributed by atoms with van der Waals surface area (Å²) in [6.45, 7) is 0. The van der Waals surface area contributed by atoms with Crippen LogP contribution in [0.2, 0.25) is 0 Å². The third-order valence-corrected chi connectivity index (χ3v) is 2.64. The molecule has 0 radical (unpaired) electrons. The van der Waals surface area contributed by atoms with Crippen LogP contribution in [0.15, 0.2) is 0 Å². The van der Waals surface area contributed by atoms with Crippen molar-refractivity contribution in [2.24, 2.45) is 0 Å². The molecule has 0 saturated carbocycles. The Bertz CT molecular complexity index is 251. The topological polar surface area (TPSA) is 44.8 Å². The van der Waals surface area contributed by atoms with Gasteiger partial charge in [0.2, 0.25) is 0 Å². The molecule has 16 heavy (non-hydrogen) atoms. The Morgan fingerprint density at radius 1 is 0.938 bits per heavy atom. The van der Waals surface area contributed by atoms with Gasteiger partial charge in [-0.15, -0.1) is 0 Å². The van der Waals surface area contributed by atoms with Crippen LogP contribution in [-0.2, 0) is 18.1 Å². The Hall–Kier alpha value is -0.310. The van der Waals surface area contributed by atoms with Crippen LogP contribution in [0.1, 0.15) is 0 Å². The first-order valence-electron chi connectivity index (χ1n) is 3.49. The Labute approximate surface area is 86.1 Å². The van der Waals surface area contributed by atoms with Gasteiger partial charge in [0.15, 0.2) is 0 Å². The lowest BCUT2D eigenvalue weighted by Gasteiger charge is -2.25. The van der Waals surface area contributed by atoms with Crippen LogP contribution in [-0.4, -0.2) is 32.7 Å². The molecule has 0 aliphatic rings. The predicted molar refractivity (Wildman–Crippen MR) is 38.6 cm³/mol. The monoisotopic (exact) mass is 276 g/mol. The number of hydrogen-bond donors (Lipinski definition) is 0. The maximum Gasteiger partial charge on any atom is 0.475 e. The van der Waals surface area contributed by atoms with Crippen LogP contribution in [0.4, 0.5) is 26.3 Å². The summed E-state index contributed by atoms with van der Waals surface area (Å²) in [7, 11) is -3.69. The van der Waals surface area contributed by atoms with Crippen molar-refractivity contribution in [2.75, 3.05) is 14.2 Å². The number of hydrogen-bond acceptors (Lipinski definition) is 4. The van der Waals surface area contributed by atoms with E-state index in [4.69, 9.17) is 0 Å². The minimum atomic E-state index is -5.77. The summed E-state index contributed by atoms with van der Waals surface area (Å²) in [5.74, 6) is 0. The second-order valence-corrected chi connectivity index (χ2v) is 4.22. The highest BCUT2D eigenvalue weighted by atomic mass is 31.2. The molecular weight excluding hydrogens is 269 g/mol. The first kappa shape index (κ1) is 15.7. The zero-order valence-electron chi connectivity index (χ0n) is 7.93. The summed E-state index contributed by atoms with van der Waals surface area (Å²) in [5.41, 5.74) is 0. The standard InChI is InChI=1S/C5H7F6O4P/c1-13-16(12,14-2)15-3(4(6,7)8)5(9,10)11/h3H,1-2H3. The van der Waals surface area contributed by atoms with Gasteiger partial charge in [-0.1, -0.05) is 0 Å². The second-order valence-electron chi connectivity index (χ2n) is 2.38. The highest BCUT2D eigenvalue weighted by Crippen LogP contribution is 2.53. The highest BCUT2D eigenvalue weighted by Gasteiger charge is 2.60. The van der Waals surface area contributed by atoms with E-state index < -0.39 is 26.3 Å². The number of rotatable bonds is 4. The lowest BCUT2D eigenvalue weighted by molar-refractivity contribution is -0.303. The van der Waals surface area contributed by atoms with Gasteiger partial charge < -0.3 is 0 Å². The van der Waals surface area contributed by atoms with E-state index in [9.17, 15) is 30.9 Å². The average Bonchev–Trinajstić information content (AvgIpc) is 2.10. The summed E-state index contributed by atoms with van der Waals surface area (Å²) in [6, 6.07) is 0. The van der Waals surface area contributed by atoms with E-state index in [0.29, 0.717) is 14.2 Å². The molecular formula is C5H7F6O4P. The molecule has 0 rings (SSSR count). The Balaban J connectivity index is 5.05. The number of alkyl halides is 6. The van der Waals surface area contributed by atoms with Gasteiger partial charge in [-0.2, -0.15) is 26.3 Å². The van der Waals surface area contributed by atoms with E-state index in [1.165, 1.54) is 0 Å². The van der Waals surface area contributed by atoms with Crippen molar-refractivity contribution in [2.45, 2.75) is 18.5 Å². The summed E-state index contributed by atoms with van der Waals surface area (Å²) >= 11 is 0. The van der Waals surface area contributed by atoms with Crippen molar-refractivity contribution in [3.63, 3.8) is 0 Å². The van der Waals surface area contributed by atoms with Gasteiger partial charge in [0.05, 0.1) is 0 Å². The van der Waals surface area contributed by atoms with Gasteiger partial charge in [-0.25, -0.2) is 4.57 Å². The van der Waals surface area contributed by atoms with Crippen molar-refractivity contribution in [1.82, 2.24) is 0 Å². The average molecular weight is 276 g/mol. The van der Waals surface area contributed by atoms with Crippen LogP contribution in [0.3, 0.4) is 0 Å². The number of phosphoric ester groups is 1. The SMILES string of the molecule is COP(=O)(OC)OC(C(F)(F)F)C(F)(F)F. The van der Waals surface area contributed by atoms with Crippen LogP contribution < -0.4 is 0 Å². The molecule has 0 aromatic carbocycles. The quantitative estimate of drug-likeness (QED) is 0.585. The zero-order chi connectivity index (χ0) is 13.2. The van der Waals surface area contributed by atoms with Crippen molar-refractivity contribution >= 4 is 7.82 Å². The van der Waals surface area contributed by atoms with Gasteiger partial charge in [0, 0.05) is 14.2 Å². The molecule has 0 spiro atoms. The Morgan fingerprint density at radius 3 is 1.44 bits per heavy atom. The fourth-order valence-corrected chi connectivity index (χ4v) is 1.41. The van der Waals surface area contributed by atoms with Crippen molar-refractivity contribution < 1.29 is 44.5 Å². The lowest BCUT2D eigenvalue weighted by atomic mass is 10.3. The molecule has 0 aromatic rings. The molecule has 0 aliphatic carbocycles. The van der Waals surface area contributed by atoms with E-state index >= 15 is 0 Å². The van der Waals surface area contributed by atoms with Gasteiger partial charge in [0.25, 0.3) is 6.10 Å². The minimum absolute atomic E-state index is 0.591. The predicted octanol–water partition coefficient (Wildman–Crippen LogP) is 2.90. The molecule has 0 amide bonds. The third-order valence-electron chi connectivity index (χ3n) is 1.28. The summed E-state index contributed by atoms with van der Waals surface area (Å²) in [6.07, 6.45) is -15.8. The molecule has 0 N–H and O–H groups in total. The number of phosphoric acid groups is 1. The third kappa shape index (κ3) is 4.28. The molecule has 0 atom stereocenters. The van der Waals surface area contributed by atoms with E-state index in [1.54, 1.807) is 0 Å². The molecule has 4 nitrogen and oxygen atoms in total. The van der Waals surface area contributed by atoms with Crippen LogP contribution >= 0.6 is 7.82 Å². The summed E-state index contributed by atoms with van der Waals surface area (Å²) in [4.78, 5) is 0. The second kappa shape index (κ2) is 4.91. The first-order valence-corrected chi connectivity index (χ1v) is 4.95. The molecule has 0 aromatic heterocycles. The molecule has 11 heteroatoms. The molecule has 0 aliphatic heterocycles. The smallest absolute Gasteiger partial charge is 0.290 e. The Kier molecular flexibility index (Phi) is 4.81. The van der Waals surface area contributed by atoms with E-state index in [0.717, 1.165) is 0 Å². The summed E-state index contributed by atoms with van der Waals surface area (Å²) < 4.78 is 93.6. The summed E-state index contributed by atoms with van der Waals surface area (Å²) in [5, 5.41) is 0. The number of halogens is 6. The van der Waals surface area contributed by atoms with Crippen molar-refractivity contribution in [3.8, 4) is 0 Å². The maximum atomic E-state index is 11.9. The minimum Gasteiger partial charge on any atom is -0.290 e. The molecule has 0 unspecified atom stereocenters. The van der Waals surface area contributed by atoms with Gasteiger partial charge in [-0.3, -0.25) is 13.6 Å². The van der Waals surface area contributed by atoms with Crippen LogP contribution in [0.25, 0.3) is 0 Å². The molecule has 98 valence electrons. The van der Waals surface area contributed by atoms with Crippen molar-refractivity contribution in [1.29, 1.82) is 0 Å². The van der Waals surface area contributed by atoms with Gasteiger partial charge >= 0.3 is 20.2 Å². The fraction of sp³-hybridized carbons (Fsp3) is 1.00. The normalized spacial score (nSPS) is 14.6. The van der Waals surface area contributed by atoms with Crippen LogP contribution in [0, 0.1) is 0 Å². The lowest BCUT2D eigenvalue weighted by Crippen LogP contribution is -2.43. The van der Waals surface area contributed by atoms with Gasteiger partial charge in [-0.05, 0) is 0 Å². The molecule has 0 heterocycles. The molecule has 0 fully saturated rings. The van der Waals surface area contributed by atoms with Crippen LogP contribution in [0.5, 0.6) is 0 Å². The van der Waals surface area contributed by atoms with E-state index in [2.05, 4.69) is 13.6 Å². The highest BCUT2D eigenvalue weighted by molar-refractivity contribution is 7.48. The first-order chi connectivity index (χ1) is 6.96. The zero-order valence-corrected chi connectivity index (χ0v) is 8.82. The van der Waals surface area contributed by atoms with E-state index in [-0.39, 0.29) is 0 Å². The van der Waals surface area contributed by atoms with E-state index in [1.807, 2.05) is 0 Å². The largest absolute Gasteiger partial charge is 0.475 e. The fourth-order valence-electron chi connectivity index (χ4n) is 0.595. The molecule has 0 saturated heterocycles. The van der Waals surface area contributed by atoms with Crippen molar-refractivity contribution in [3.05, 3.63) is 0 Å². The molecule has 0 bridgehead atoms. The van der Waals surface area contributed by atoms with Gasteiger partial charge in [0.1, 0.15) is 0 Å². The maximum absolute atomic E-state index is 11.9.